The monoisotopic (exact) mass is 383 g/mol. The van der Waals surface area contributed by atoms with E-state index in [0.717, 1.165) is 5.56 Å². The van der Waals surface area contributed by atoms with Gasteiger partial charge in [-0.25, -0.2) is 4.39 Å². The largest absolute Gasteiger partial charge is 0.342 e. The standard InChI is InChI=1S/C21H22FN3O3/c1-14(26)23-18-6-8-19(9-7-18)24-21(28)16-12-20(27)25(13-16)11-10-15-2-4-17(22)5-3-15/h2-9,16H,10-13H2,1H3,(H,23,26)(H,24,28). The predicted octanol–water partition coefficient (Wildman–Crippen LogP) is 2.81. The van der Waals surface area contributed by atoms with Crippen LogP contribution in [0.25, 0.3) is 0 Å². The molecular formula is C21H22FN3O3. The van der Waals surface area contributed by atoms with Crippen LogP contribution >= 0.6 is 0 Å². The van der Waals surface area contributed by atoms with Gasteiger partial charge in [-0.2, -0.15) is 0 Å². The predicted molar refractivity (Wildman–Crippen MR) is 104 cm³/mol. The summed E-state index contributed by atoms with van der Waals surface area (Å²) in [6.07, 6.45) is 0.796. The van der Waals surface area contributed by atoms with E-state index < -0.39 is 5.92 Å². The molecule has 7 heteroatoms. The number of amides is 3. The summed E-state index contributed by atoms with van der Waals surface area (Å²) in [6.45, 7) is 2.30. The number of carbonyl (C=O) groups excluding carboxylic acids is 3. The van der Waals surface area contributed by atoms with Gasteiger partial charge >= 0.3 is 0 Å². The number of halogens is 1. The van der Waals surface area contributed by atoms with Crippen LogP contribution in [0.15, 0.2) is 48.5 Å². The van der Waals surface area contributed by atoms with Gasteiger partial charge in [-0.15, -0.1) is 0 Å². The molecule has 1 heterocycles. The van der Waals surface area contributed by atoms with Gasteiger partial charge < -0.3 is 15.5 Å². The first-order valence-corrected chi connectivity index (χ1v) is 9.11. The Bertz CT molecular complexity index is 865. The minimum atomic E-state index is -0.407. The Hall–Kier alpha value is -3.22. The molecule has 28 heavy (non-hydrogen) atoms. The van der Waals surface area contributed by atoms with E-state index in [2.05, 4.69) is 10.6 Å². The Morgan fingerprint density at radius 3 is 2.25 bits per heavy atom. The Morgan fingerprint density at radius 2 is 1.64 bits per heavy atom. The SMILES string of the molecule is CC(=O)Nc1ccc(NC(=O)C2CC(=O)N(CCc3ccc(F)cc3)C2)cc1. The lowest BCUT2D eigenvalue weighted by atomic mass is 10.1. The van der Waals surface area contributed by atoms with E-state index >= 15 is 0 Å². The average Bonchev–Trinajstić information content (AvgIpc) is 3.03. The van der Waals surface area contributed by atoms with Crippen LogP contribution in [0.3, 0.4) is 0 Å². The molecule has 0 bridgehead atoms. The quantitative estimate of drug-likeness (QED) is 0.805. The van der Waals surface area contributed by atoms with Crippen molar-refractivity contribution < 1.29 is 18.8 Å². The summed E-state index contributed by atoms with van der Waals surface area (Å²) in [5, 5.41) is 5.47. The lowest BCUT2D eigenvalue weighted by molar-refractivity contribution is -0.128. The Labute approximate surface area is 162 Å². The zero-order valence-electron chi connectivity index (χ0n) is 15.6. The summed E-state index contributed by atoms with van der Waals surface area (Å²) < 4.78 is 13.0. The third kappa shape index (κ3) is 5.16. The van der Waals surface area contributed by atoms with Crippen molar-refractivity contribution >= 4 is 29.1 Å². The van der Waals surface area contributed by atoms with E-state index in [1.165, 1.54) is 19.1 Å². The topological polar surface area (TPSA) is 78.5 Å². The number of hydrogen-bond donors (Lipinski definition) is 2. The van der Waals surface area contributed by atoms with E-state index in [4.69, 9.17) is 0 Å². The molecule has 2 aromatic rings. The van der Waals surface area contributed by atoms with Crippen molar-refractivity contribution in [3.05, 3.63) is 59.9 Å². The van der Waals surface area contributed by atoms with Crippen molar-refractivity contribution in [3.8, 4) is 0 Å². The van der Waals surface area contributed by atoms with Gasteiger partial charge in [-0.05, 0) is 48.4 Å². The average molecular weight is 383 g/mol. The van der Waals surface area contributed by atoms with Crippen molar-refractivity contribution in [1.82, 2.24) is 4.90 Å². The van der Waals surface area contributed by atoms with Crippen LogP contribution in [0.2, 0.25) is 0 Å². The summed E-state index contributed by atoms with van der Waals surface area (Å²) in [4.78, 5) is 37.4. The molecule has 0 saturated carbocycles. The minimum absolute atomic E-state index is 0.0525. The molecule has 1 fully saturated rings. The van der Waals surface area contributed by atoms with Crippen LogP contribution in [0.5, 0.6) is 0 Å². The number of carbonyl (C=O) groups is 3. The highest BCUT2D eigenvalue weighted by atomic mass is 19.1. The Balaban J connectivity index is 1.51. The van der Waals surface area contributed by atoms with Gasteiger partial charge in [0, 0.05) is 37.8 Å². The molecule has 1 unspecified atom stereocenters. The molecule has 3 amide bonds. The van der Waals surface area contributed by atoms with Crippen molar-refractivity contribution in [3.63, 3.8) is 0 Å². The van der Waals surface area contributed by atoms with Gasteiger partial charge in [0.05, 0.1) is 5.92 Å². The van der Waals surface area contributed by atoms with Gasteiger partial charge in [0.25, 0.3) is 0 Å². The number of hydrogen-bond acceptors (Lipinski definition) is 3. The first kappa shape index (κ1) is 19.5. The van der Waals surface area contributed by atoms with E-state index in [9.17, 15) is 18.8 Å². The molecule has 2 aromatic carbocycles. The molecule has 1 aliphatic rings. The highest BCUT2D eigenvalue weighted by Gasteiger charge is 2.34. The fourth-order valence-electron chi connectivity index (χ4n) is 3.16. The molecule has 2 N–H and O–H groups in total. The van der Waals surface area contributed by atoms with Crippen molar-refractivity contribution in [2.24, 2.45) is 5.92 Å². The number of benzene rings is 2. The molecule has 6 nitrogen and oxygen atoms in total. The number of likely N-dealkylation sites (tertiary alicyclic amines) is 1. The van der Waals surface area contributed by atoms with Crippen LogP contribution in [0.4, 0.5) is 15.8 Å². The molecule has 1 aliphatic heterocycles. The molecule has 0 aromatic heterocycles. The number of nitrogens with zero attached hydrogens (tertiary/aromatic N) is 1. The van der Waals surface area contributed by atoms with Gasteiger partial charge in [-0.1, -0.05) is 12.1 Å². The summed E-state index contributed by atoms with van der Waals surface area (Å²) >= 11 is 0. The molecule has 0 radical (unpaired) electrons. The first-order chi connectivity index (χ1) is 13.4. The van der Waals surface area contributed by atoms with Gasteiger partial charge in [0.2, 0.25) is 17.7 Å². The third-order valence-corrected chi connectivity index (χ3v) is 4.64. The zero-order valence-corrected chi connectivity index (χ0v) is 15.6. The number of rotatable bonds is 6. The Morgan fingerprint density at radius 1 is 1.04 bits per heavy atom. The molecule has 0 spiro atoms. The summed E-state index contributed by atoms with van der Waals surface area (Å²) in [7, 11) is 0. The normalized spacial score (nSPS) is 16.1. The fraction of sp³-hybridized carbons (Fsp3) is 0.286. The second-order valence-corrected chi connectivity index (χ2v) is 6.87. The van der Waals surface area contributed by atoms with Crippen molar-refractivity contribution in [2.45, 2.75) is 19.8 Å². The zero-order chi connectivity index (χ0) is 20.1. The minimum Gasteiger partial charge on any atom is -0.342 e. The molecule has 0 aliphatic carbocycles. The van der Waals surface area contributed by atoms with Gasteiger partial charge in [0.15, 0.2) is 0 Å². The van der Waals surface area contributed by atoms with E-state index in [1.54, 1.807) is 41.3 Å². The first-order valence-electron chi connectivity index (χ1n) is 9.11. The molecular weight excluding hydrogens is 361 g/mol. The molecule has 1 atom stereocenters. The summed E-state index contributed by atoms with van der Waals surface area (Å²) in [5.41, 5.74) is 2.20. The van der Waals surface area contributed by atoms with E-state index in [0.29, 0.717) is 30.9 Å². The summed E-state index contributed by atoms with van der Waals surface area (Å²) in [6, 6.07) is 13.0. The van der Waals surface area contributed by atoms with Crippen LogP contribution in [0.1, 0.15) is 18.9 Å². The van der Waals surface area contributed by atoms with Crippen LogP contribution < -0.4 is 10.6 Å². The van der Waals surface area contributed by atoms with E-state index in [1.807, 2.05) is 0 Å². The van der Waals surface area contributed by atoms with Crippen molar-refractivity contribution in [1.29, 1.82) is 0 Å². The number of anilines is 2. The lowest BCUT2D eigenvalue weighted by Crippen LogP contribution is -2.30. The highest BCUT2D eigenvalue weighted by molar-refractivity contribution is 5.97. The molecule has 1 saturated heterocycles. The van der Waals surface area contributed by atoms with Gasteiger partial charge in [-0.3, -0.25) is 14.4 Å². The smallest absolute Gasteiger partial charge is 0.229 e. The lowest BCUT2D eigenvalue weighted by Gasteiger charge is -2.16. The van der Waals surface area contributed by atoms with Crippen molar-refractivity contribution in [2.75, 3.05) is 23.7 Å². The third-order valence-electron chi connectivity index (χ3n) is 4.64. The maximum Gasteiger partial charge on any atom is 0.229 e. The van der Waals surface area contributed by atoms with Crippen LogP contribution in [-0.2, 0) is 20.8 Å². The second kappa shape index (κ2) is 8.65. The molecule has 3 rings (SSSR count). The Kier molecular flexibility index (Phi) is 6.03. The second-order valence-electron chi connectivity index (χ2n) is 6.87. The van der Waals surface area contributed by atoms with Gasteiger partial charge in [0.1, 0.15) is 5.82 Å². The van der Waals surface area contributed by atoms with Crippen LogP contribution in [0, 0.1) is 11.7 Å². The summed E-state index contributed by atoms with van der Waals surface area (Å²) in [5.74, 6) is -1.12. The fourth-order valence-corrected chi connectivity index (χ4v) is 3.16. The highest BCUT2D eigenvalue weighted by Crippen LogP contribution is 2.21. The maximum absolute atomic E-state index is 13.0. The molecule has 146 valence electrons. The van der Waals surface area contributed by atoms with Crippen LogP contribution in [-0.4, -0.2) is 35.7 Å². The van der Waals surface area contributed by atoms with E-state index in [-0.39, 0.29) is 30.0 Å². The number of nitrogens with one attached hydrogen (secondary N) is 2. The maximum atomic E-state index is 13.0.